The van der Waals surface area contributed by atoms with Gasteiger partial charge >= 0.3 is 0 Å². The first-order chi connectivity index (χ1) is 51.2. The first-order valence-electron chi connectivity index (χ1n) is 37.5. The van der Waals surface area contributed by atoms with Gasteiger partial charge in [-0.15, -0.1) is 0 Å². The fourth-order valence-corrected chi connectivity index (χ4v) is 15.4. The molecule has 0 fully saturated rings. The molecule has 11 aromatic rings. The molecule has 532 valence electrons. The van der Waals surface area contributed by atoms with E-state index in [1.54, 1.807) is 4.90 Å². The van der Waals surface area contributed by atoms with Crippen molar-refractivity contribution < 1.29 is 19.2 Å². The van der Waals surface area contributed by atoms with Crippen LogP contribution in [0.2, 0.25) is 0 Å². The molecule has 0 spiro atoms. The fourth-order valence-electron chi connectivity index (χ4n) is 15.4. The number of carbonyl (C=O) groups excluding carboxylic acids is 4. The molecule has 4 aliphatic heterocycles. The summed E-state index contributed by atoms with van der Waals surface area (Å²) in [5, 5.41) is 0. The van der Waals surface area contributed by atoms with Crippen LogP contribution in [-0.2, 0) is 66.9 Å². The lowest BCUT2D eigenvalue weighted by molar-refractivity contribution is -0.124. The third-order valence-corrected chi connectivity index (χ3v) is 21.5. The summed E-state index contributed by atoms with van der Waals surface area (Å²) in [5.41, 5.74) is 23.0. The van der Waals surface area contributed by atoms with Gasteiger partial charge in [-0.25, -0.2) is 0 Å². The molecule has 0 saturated heterocycles. The summed E-state index contributed by atoms with van der Waals surface area (Å²) >= 11 is 0. The van der Waals surface area contributed by atoms with Crippen molar-refractivity contribution in [2.75, 3.05) is 6.54 Å². The van der Waals surface area contributed by atoms with Crippen LogP contribution in [0, 0.1) is 0 Å². The minimum atomic E-state index is -0.262. The number of carbonyl (C=O) groups is 4. The van der Waals surface area contributed by atoms with Gasteiger partial charge in [-0.2, -0.15) is 0 Å². The fraction of sp³-hybridized carbons (Fsp3) is 0.212. The van der Waals surface area contributed by atoms with Crippen LogP contribution in [0.15, 0.2) is 301 Å². The van der Waals surface area contributed by atoms with E-state index < -0.39 is 0 Å². The van der Waals surface area contributed by atoms with E-state index in [0.29, 0.717) is 51.5 Å². The number of nitrogens with zero attached hydrogens (tertiary/aromatic N) is 4. The molecular formula is C99H92N4O4. The second-order valence-electron chi connectivity index (χ2n) is 33.2. The standard InChI is InChI=1S/C99H92N4O4/c1-96(2,3)80-55-66(56-81(59-80)97(4,5)6)62-102-89(77-46-38-73(39-47-77)69-30-19-14-20-31-69)85-84(93(102)105)88(76-44-36-72(37-45-76)68-28-17-13-18-29-68)100(92(85)104)53-52-64-26-25-27-65(54-64)61-101-90(78-48-40-74(41-49-78)70-32-21-15-22-33-70)86-87(94(101)106)91(79-50-42-75(43-51-79)71-34-23-16-24-35-71)103(95(86)107)63-67-57-82(98(7,8)9)60-83(58-67)99(10,11)12/h13-51,54-60H,52-53,61-63H2,1-12H3. The highest BCUT2D eigenvalue weighted by molar-refractivity contribution is 6.31. The van der Waals surface area contributed by atoms with E-state index in [9.17, 15) is 0 Å². The number of hydrogen-bond donors (Lipinski definition) is 0. The Bertz CT molecular complexity index is 5360. The highest BCUT2D eigenvalue weighted by atomic mass is 16.2. The van der Waals surface area contributed by atoms with Crippen molar-refractivity contribution in [3.63, 3.8) is 0 Å². The second-order valence-corrected chi connectivity index (χ2v) is 33.2. The summed E-state index contributed by atoms with van der Waals surface area (Å²) < 4.78 is 0. The molecule has 107 heavy (non-hydrogen) atoms. The Morgan fingerprint density at radius 3 is 0.710 bits per heavy atom. The predicted molar refractivity (Wildman–Crippen MR) is 436 cm³/mol. The zero-order valence-corrected chi connectivity index (χ0v) is 63.5. The van der Waals surface area contributed by atoms with E-state index in [1.807, 2.05) is 124 Å². The Morgan fingerprint density at radius 2 is 0.439 bits per heavy atom. The lowest BCUT2D eigenvalue weighted by Gasteiger charge is -2.29. The van der Waals surface area contributed by atoms with Crippen LogP contribution in [0.3, 0.4) is 0 Å². The second kappa shape index (κ2) is 28.0. The first kappa shape index (κ1) is 70.9. The van der Waals surface area contributed by atoms with Gasteiger partial charge in [-0.1, -0.05) is 362 Å². The smallest absolute Gasteiger partial charge is 0.261 e. The van der Waals surface area contributed by atoms with Crippen LogP contribution in [0.25, 0.3) is 67.3 Å². The van der Waals surface area contributed by atoms with E-state index >= 15 is 19.2 Å². The molecule has 15 rings (SSSR count). The molecule has 8 nitrogen and oxygen atoms in total. The van der Waals surface area contributed by atoms with Crippen LogP contribution in [0.5, 0.6) is 0 Å². The Balaban J connectivity index is 0.823. The number of rotatable bonds is 17. The van der Waals surface area contributed by atoms with Crippen LogP contribution in [-0.4, -0.2) is 49.8 Å². The maximum atomic E-state index is 16.3. The lowest BCUT2D eigenvalue weighted by Crippen LogP contribution is -2.31. The zero-order valence-electron chi connectivity index (χ0n) is 63.5. The molecule has 0 bridgehead atoms. The van der Waals surface area contributed by atoms with Gasteiger partial charge in [0.25, 0.3) is 23.6 Å². The molecule has 4 aliphatic rings. The van der Waals surface area contributed by atoms with Crippen molar-refractivity contribution in [1.29, 1.82) is 0 Å². The van der Waals surface area contributed by atoms with Crippen molar-refractivity contribution >= 4 is 46.4 Å². The molecule has 11 aromatic carbocycles. The van der Waals surface area contributed by atoms with Gasteiger partial charge in [0.2, 0.25) is 0 Å². The maximum Gasteiger partial charge on any atom is 0.261 e. The van der Waals surface area contributed by atoms with E-state index in [4.69, 9.17) is 0 Å². The van der Waals surface area contributed by atoms with Gasteiger partial charge in [-0.05, 0) is 139 Å². The van der Waals surface area contributed by atoms with Crippen molar-refractivity contribution in [2.45, 2.75) is 131 Å². The highest BCUT2D eigenvalue weighted by Crippen LogP contribution is 2.51. The van der Waals surface area contributed by atoms with E-state index in [2.05, 4.69) is 253 Å². The van der Waals surface area contributed by atoms with E-state index in [0.717, 1.165) is 89.0 Å². The van der Waals surface area contributed by atoms with Crippen molar-refractivity contribution in [3.8, 4) is 44.5 Å². The molecule has 8 heteroatoms. The maximum absolute atomic E-state index is 16.3. The van der Waals surface area contributed by atoms with Gasteiger partial charge in [0, 0.05) is 6.54 Å². The Hall–Kier alpha value is -11.7. The SMILES string of the molecule is CC(C)(C)c1cc(CN2C(=O)C3=C(c4ccc(-c5ccccc5)cc4)N(CCc4cccc(CN5C(=O)C6=C(c7ccc(-c8ccccc8)cc7)N(Cc7cc(C(C)(C)C)cc(C(C)(C)C)c7)C(=O)C6=C5c5ccc(-c6ccccc6)cc5)c4)C(=O)C3=C2c2ccc(-c3ccccc3)cc2)cc(C(C)(C)C)c1. The molecule has 0 aliphatic carbocycles. The van der Waals surface area contributed by atoms with Crippen LogP contribution in [0.4, 0.5) is 0 Å². The zero-order chi connectivity index (χ0) is 74.8. The summed E-state index contributed by atoms with van der Waals surface area (Å²) in [6.45, 7) is 27.6. The topological polar surface area (TPSA) is 81.2 Å². The Morgan fingerprint density at radius 1 is 0.215 bits per heavy atom. The quantitative estimate of drug-likeness (QED) is 0.0910. The third-order valence-electron chi connectivity index (χ3n) is 21.5. The number of hydrogen-bond acceptors (Lipinski definition) is 4. The van der Waals surface area contributed by atoms with Gasteiger partial charge in [0.15, 0.2) is 0 Å². The van der Waals surface area contributed by atoms with Gasteiger partial charge in [0.05, 0.1) is 64.7 Å². The van der Waals surface area contributed by atoms with Crippen molar-refractivity contribution in [2.24, 2.45) is 0 Å². The molecule has 0 radical (unpaired) electrons. The molecule has 4 amide bonds. The molecule has 0 atom stereocenters. The average Bonchev–Trinajstić information content (AvgIpc) is 1.56. The summed E-state index contributed by atoms with van der Waals surface area (Å²) in [6.07, 6.45) is 0.415. The number of fused-ring (bicyclic) bond motifs is 2. The van der Waals surface area contributed by atoms with E-state index in [-0.39, 0.29) is 71.5 Å². The molecule has 0 aromatic heterocycles. The minimum Gasteiger partial charge on any atom is -0.306 e. The molecular weight excluding hydrogens is 1310 g/mol. The van der Waals surface area contributed by atoms with Gasteiger partial charge in [-0.3, -0.25) is 19.2 Å². The van der Waals surface area contributed by atoms with Crippen LogP contribution >= 0.6 is 0 Å². The molecule has 0 unspecified atom stereocenters. The normalized spacial score (nSPS) is 15.0. The number of benzene rings is 11. The molecule has 0 saturated carbocycles. The average molecular weight is 1400 g/mol. The van der Waals surface area contributed by atoms with E-state index in [1.165, 1.54) is 22.3 Å². The Labute approximate surface area is 631 Å². The van der Waals surface area contributed by atoms with Crippen molar-refractivity contribution in [3.05, 3.63) is 368 Å². The predicted octanol–water partition coefficient (Wildman–Crippen LogP) is 22.0. The van der Waals surface area contributed by atoms with Gasteiger partial charge < -0.3 is 19.6 Å². The molecule has 4 heterocycles. The summed E-state index contributed by atoms with van der Waals surface area (Å²) in [4.78, 5) is 72.1. The van der Waals surface area contributed by atoms with Crippen LogP contribution < -0.4 is 0 Å². The lowest BCUT2D eigenvalue weighted by atomic mass is 9.79. The third kappa shape index (κ3) is 14.0. The largest absolute Gasteiger partial charge is 0.306 e. The number of amides is 4. The first-order valence-corrected chi connectivity index (χ1v) is 37.5. The summed E-state index contributed by atoms with van der Waals surface area (Å²) in [6, 6.07) is 95.7. The summed E-state index contributed by atoms with van der Waals surface area (Å²) in [5.74, 6) is -0.968. The van der Waals surface area contributed by atoms with Gasteiger partial charge in [0.1, 0.15) is 0 Å². The Kier molecular flexibility index (Phi) is 18.5. The highest BCUT2D eigenvalue weighted by Gasteiger charge is 2.51. The van der Waals surface area contributed by atoms with Crippen molar-refractivity contribution in [1.82, 2.24) is 19.6 Å². The van der Waals surface area contributed by atoms with Crippen LogP contribution in [0.1, 0.15) is 150 Å². The summed E-state index contributed by atoms with van der Waals surface area (Å²) in [7, 11) is 0. The minimum absolute atomic E-state index is 0.150. The molecule has 0 N–H and O–H groups in total. The monoisotopic (exact) mass is 1400 g/mol.